The molecule has 4 N–H and O–H groups in total. The van der Waals surface area contributed by atoms with Gasteiger partial charge in [0.2, 0.25) is 0 Å². The number of nitrogens with one attached hydrogen (secondary N) is 2. The number of anilines is 1. The monoisotopic (exact) mass is 310 g/mol. The Morgan fingerprint density at radius 3 is 2.35 bits per heavy atom. The van der Waals surface area contributed by atoms with E-state index in [1.165, 1.54) is 36.4 Å². The highest BCUT2D eigenvalue weighted by atomic mass is 32.2. The zero-order valence-electron chi connectivity index (χ0n) is 10.0. The number of benzene rings is 1. The third-order valence-electron chi connectivity index (χ3n) is 2.37. The van der Waals surface area contributed by atoms with E-state index in [0.29, 0.717) is 5.56 Å². The van der Waals surface area contributed by atoms with Crippen LogP contribution in [0.2, 0.25) is 0 Å². The molecule has 0 atom stereocenters. The summed E-state index contributed by atoms with van der Waals surface area (Å²) in [6.45, 7) is 0. The Balaban J connectivity index is 2.28. The van der Waals surface area contributed by atoms with Crippen molar-refractivity contribution in [2.45, 2.75) is 4.90 Å². The van der Waals surface area contributed by atoms with Crippen LogP contribution in [0, 0.1) is 0 Å². The third-order valence-corrected chi connectivity index (χ3v) is 3.97. The van der Waals surface area contributed by atoms with E-state index >= 15 is 0 Å². The van der Waals surface area contributed by atoms with Gasteiger partial charge >= 0.3 is 0 Å². The molecule has 7 nitrogen and oxygen atoms in total. The van der Waals surface area contributed by atoms with Crippen LogP contribution in [0.5, 0.6) is 0 Å². The van der Waals surface area contributed by atoms with Crippen LogP contribution in [0.1, 0.15) is 5.56 Å². The van der Waals surface area contributed by atoms with Gasteiger partial charge in [-0.25, -0.2) is 13.5 Å². The van der Waals surface area contributed by atoms with Crippen LogP contribution >= 0.6 is 12.2 Å². The molecule has 9 heteroatoms. The first-order valence-corrected chi connectivity index (χ1v) is 7.26. The molecule has 2 aromatic rings. The molecule has 0 spiro atoms. The first-order chi connectivity index (χ1) is 9.38. The van der Waals surface area contributed by atoms with Gasteiger partial charge in [-0.2, -0.15) is 5.10 Å². The van der Waals surface area contributed by atoms with E-state index in [9.17, 15) is 13.2 Å². The lowest BCUT2D eigenvalue weighted by atomic mass is 10.2. The zero-order chi connectivity index (χ0) is 14.8. The van der Waals surface area contributed by atoms with E-state index in [1.807, 2.05) is 0 Å². The molecule has 1 aromatic carbocycles. The Morgan fingerprint density at radius 1 is 1.20 bits per heavy atom. The van der Waals surface area contributed by atoms with E-state index in [2.05, 4.69) is 14.9 Å². The Kier molecular flexibility index (Phi) is 3.81. The number of hydrogen-bond donors (Lipinski definition) is 3. The average Bonchev–Trinajstić information content (AvgIpc) is 2.41. The highest BCUT2D eigenvalue weighted by Gasteiger charge is 2.15. The second-order valence-corrected chi connectivity index (χ2v) is 5.92. The summed E-state index contributed by atoms with van der Waals surface area (Å²) in [6.07, 6.45) is 0. The number of rotatable bonds is 4. The Labute approximate surface area is 119 Å². The van der Waals surface area contributed by atoms with Gasteiger partial charge in [-0.1, -0.05) is 24.4 Å². The van der Waals surface area contributed by atoms with Gasteiger partial charge in [0, 0.05) is 11.6 Å². The molecule has 0 aliphatic rings. The fourth-order valence-electron chi connectivity index (χ4n) is 1.40. The molecule has 1 heterocycles. The van der Waals surface area contributed by atoms with Crippen molar-refractivity contribution >= 4 is 33.0 Å². The summed E-state index contributed by atoms with van der Waals surface area (Å²) < 4.78 is 26.4. The first kappa shape index (κ1) is 14.2. The van der Waals surface area contributed by atoms with Crippen molar-refractivity contribution in [2.75, 3.05) is 4.72 Å². The molecule has 0 aliphatic heterocycles. The van der Waals surface area contributed by atoms with Crippen LogP contribution in [0.25, 0.3) is 0 Å². The Morgan fingerprint density at radius 2 is 1.85 bits per heavy atom. The SMILES string of the molecule is NC(=S)c1ccc(S(=O)(=O)Nc2ccc(=O)[nH]n2)cc1. The number of H-pyrrole nitrogens is 1. The van der Waals surface area contributed by atoms with Gasteiger partial charge in [-0.3, -0.25) is 9.52 Å². The molecule has 0 amide bonds. The van der Waals surface area contributed by atoms with E-state index in [0.717, 1.165) is 0 Å². The number of aromatic nitrogens is 2. The summed E-state index contributed by atoms with van der Waals surface area (Å²) in [5.74, 6) is 0.0167. The normalized spacial score (nSPS) is 11.0. The van der Waals surface area contributed by atoms with Gasteiger partial charge < -0.3 is 5.73 Å². The molecule has 0 aliphatic carbocycles. The molecule has 0 unspecified atom stereocenters. The second-order valence-electron chi connectivity index (χ2n) is 3.80. The van der Waals surface area contributed by atoms with E-state index in [-0.39, 0.29) is 15.7 Å². The van der Waals surface area contributed by atoms with Crippen molar-refractivity contribution in [2.24, 2.45) is 5.73 Å². The number of nitrogens with zero attached hydrogens (tertiary/aromatic N) is 1. The molecule has 0 saturated carbocycles. The van der Waals surface area contributed by atoms with E-state index < -0.39 is 15.6 Å². The number of nitrogens with two attached hydrogens (primary N) is 1. The first-order valence-electron chi connectivity index (χ1n) is 5.37. The van der Waals surface area contributed by atoms with Crippen molar-refractivity contribution in [1.82, 2.24) is 10.2 Å². The summed E-state index contributed by atoms with van der Waals surface area (Å²) >= 11 is 4.78. The van der Waals surface area contributed by atoms with Crippen LogP contribution in [-0.4, -0.2) is 23.6 Å². The fourth-order valence-corrected chi connectivity index (χ4v) is 2.53. The quantitative estimate of drug-likeness (QED) is 0.695. The molecule has 20 heavy (non-hydrogen) atoms. The summed E-state index contributed by atoms with van der Waals surface area (Å²) in [5.41, 5.74) is 5.58. The lowest BCUT2D eigenvalue weighted by Gasteiger charge is -2.07. The van der Waals surface area contributed by atoms with Crippen molar-refractivity contribution in [3.8, 4) is 0 Å². The van der Waals surface area contributed by atoms with Crippen LogP contribution in [0.15, 0.2) is 46.1 Å². The lowest BCUT2D eigenvalue weighted by molar-refractivity contribution is 0.601. The molecular weight excluding hydrogens is 300 g/mol. The number of sulfonamides is 1. The predicted octanol–water partition coefficient (Wildman–Crippen LogP) is 0.205. The van der Waals surface area contributed by atoms with Crippen molar-refractivity contribution in [1.29, 1.82) is 0 Å². The smallest absolute Gasteiger partial charge is 0.264 e. The van der Waals surface area contributed by atoms with Gasteiger partial charge in [0.25, 0.3) is 15.6 Å². The van der Waals surface area contributed by atoms with Gasteiger partial charge in [0.1, 0.15) is 4.99 Å². The van der Waals surface area contributed by atoms with E-state index in [1.54, 1.807) is 0 Å². The number of thiocarbonyl (C=S) groups is 1. The van der Waals surface area contributed by atoms with E-state index in [4.69, 9.17) is 18.0 Å². The maximum Gasteiger partial charge on any atom is 0.264 e. The topological polar surface area (TPSA) is 118 Å². The number of aromatic amines is 1. The summed E-state index contributed by atoms with van der Waals surface area (Å²) in [4.78, 5) is 11.1. The number of hydrogen-bond acceptors (Lipinski definition) is 5. The molecule has 0 fully saturated rings. The Hall–Kier alpha value is -2.26. The fraction of sp³-hybridized carbons (Fsp3) is 0. The van der Waals surface area contributed by atoms with Crippen LogP contribution in [-0.2, 0) is 10.0 Å². The minimum absolute atomic E-state index is 0.0167. The van der Waals surface area contributed by atoms with Gasteiger partial charge in [0.15, 0.2) is 5.82 Å². The molecule has 0 radical (unpaired) electrons. The third kappa shape index (κ3) is 3.19. The summed E-state index contributed by atoms with van der Waals surface area (Å²) in [6, 6.07) is 8.21. The molecule has 0 saturated heterocycles. The van der Waals surface area contributed by atoms with Gasteiger partial charge in [-0.15, -0.1) is 0 Å². The minimum Gasteiger partial charge on any atom is -0.389 e. The minimum atomic E-state index is -3.79. The molecule has 0 bridgehead atoms. The predicted molar refractivity (Wildman–Crippen MR) is 78.0 cm³/mol. The van der Waals surface area contributed by atoms with Crippen LogP contribution in [0.3, 0.4) is 0 Å². The average molecular weight is 310 g/mol. The largest absolute Gasteiger partial charge is 0.389 e. The summed E-state index contributed by atoms with van der Waals surface area (Å²) in [5, 5.41) is 5.70. The van der Waals surface area contributed by atoms with Gasteiger partial charge in [0.05, 0.1) is 4.90 Å². The van der Waals surface area contributed by atoms with Crippen molar-refractivity contribution < 1.29 is 8.42 Å². The highest BCUT2D eigenvalue weighted by Crippen LogP contribution is 2.14. The second kappa shape index (κ2) is 5.39. The molecular formula is C11H10N4O3S2. The molecule has 1 aromatic heterocycles. The molecule has 104 valence electrons. The zero-order valence-corrected chi connectivity index (χ0v) is 11.7. The highest BCUT2D eigenvalue weighted by molar-refractivity contribution is 7.92. The van der Waals surface area contributed by atoms with Crippen LogP contribution < -0.4 is 16.0 Å². The maximum absolute atomic E-state index is 12.1. The maximum atomic E-state index is 12.1. The molecule has 2 rings (SSSR count). The standard InChI is InChI=1S/C11H10N4O3S2/c12-11(19)7-1-3-8(4-2-7)20(17,18)15-9-5-6-10(16)14-13-9/h1-6H,(H2,12,19)(H,13,15)(H,14,16). The van der Waals surface area contributed by atoms with Gasteiger partial charge in [-0.05, 0) is 18.2 Å². The lowest BCUT2D eigenvalue weighted by Crippen LogP contribution is -2.17. The van der Waals surface area contributed by atoms with Crippen molar-refractivity contribution in [3.63, 3.8) is 0 Å². The van der Waals surface area contributed by atoms with Crippen molar-refractivity contribution in [3.05, 3.63) is 52.3 Å². The summed E-state index contributed by atoms with van der Waals surface area (Å²) in [7, 11) is -3.79. The van der Waals surface area contributed by atoms with Crippen LogP contribution in [0.4, 0.5) is 5.82 Å². The Bertz CT molecular complexity index is 777.